The van der Waals surface area contributed by atoms with Crippen molar-refractivity contribution in [3.8, 4) is 0 Å². The van der Waals surface area contributed by atoms with Gasteiger partial charge in [-0.15, -0.1) is 0 Å². The zero-order valence-corrected chi connectivity index (χ0v) is 11.6. The van der Waals surface area contributed by atoms with Gasteiger partial charge in [0.2, 0.25) is 0 Å². The van der Waals surface area contributed by atoms with Crippen molar-refractivity contribution in [1.82, 2.24) is 5.32 Å². The quantitative estimate of drug-likeness (QED) is 0.808. The normalized spacial score (nSPS) is 21.8. The van der Waals surface area contributed by atoms with E-state index in [-0.39, 0.29) is 11.9 Å². The Labute approximate surface area is 113 Å². The molecule has 0 radical (unpaired) electrons. The molecule has 18 heavy (non-hydrogen) atoms. The number of halogens is 1. The molecule has 0 aliphatic heterocycles. The minimum atomic E-state index is -0.0698. The summed E-state index contributed by atoms with van der Waals surface area (Å²) in [5.41, 5.74) is 7.02. The van der Waals surface area contributed by atoms with Gasteiger partial charge in [-0.25, -0.2) is 0 Å². The third-order valence-electron chi connectivity index (χ3n) is 3.57. The fraction of sp³-hybridized carbons (Fsp3) is 0.500. The summed E-state index contributed by atoms with van der Waals surface area (Å²) in [6, 6.07) is 5.25. The first-order chi connectivity index (χ1) is 8.37. The Hall–Kier alpha value is -1.22. The third kappa shape index (κ3) is 2.96. The molecule has 1 unspecified atom stereocenters. The molecule has 0 spiro atoms. The largest absolute Gasteiger partial charge is 0.398 e. The molecule has 1 aliphatic rings. The predicted octanol–water partition coefficient (Wildman–Crippen LogP) is 3.23. The fourth-order valence-corrected chi connectivity index (χ4v) is 2.68. The van der Waals surface area contributed by atoms with Crippen LogP contribution < -0.4 is 11.1 Å². The van der Waals surface area contributed by atoms with Crippen LogP contribution in [-0.2, 0) is 0 Å². The third-order valence-corrected chi connectivity index (χ3v) is 3.89. The van der Waals surface area contributed by atoms with Crippen molar-refractivity contribution in [2.75, 3.05) is 5.73 Å². The van der Waals surface area contributed by atoms with Crippen LogP contribution in [0.25, 0.3) is 0 Å². The second kappa shape index (κ2) is 4.81. The Morgan fingerprint density at radius 1 is 1.50 bits per heavy atom. The van der Waals surface area contributed by atoms with E-state index in [9.17, 15) is 4.79 Å². The van der Waals surface area contributed by atoms with Crippen LogP contribution in [0.1, 0.15) is 43.5 Å². The summed E-state index contributed by atoms with van der Waals surface area (Å²) in [6.45, 7) is 4.47. The highest BCUT2D eigenvalue weighted by molar-refractivity contribution is 6.33. The van der Waals surface area contributed by atoms with E-state index >= 15 is 0 Å². The zero-order valence-electron chi connectivity index (χ0n) is 10.8. The van der Waals surface area contributed by atoms with E-state index in [0.717, 1.165) is 19.3 Å². The van der Waals surface area contributed by atoms with Gasteiger partial charge in [-0.3, -0.25) is 4.79 Å². The molecule has 1 aromatic carbocycles. The van der Waals surface area contributed by atoms with Crippen molar-refractivity contribution in [3.63, 3.8) is 0 Å². The molecule has 0 saturated heterocycles. The number of nitrogens with one attached hydrogen (secondary N) is 1. The molecule has 1 fully saturated rings. The first-order valence-corrected chi connectivity index (χ1v) is 6.61. The number of carbonyl (C=O) groups is 1. The van der Waals surface area contributed by atoms with Crippen molar-refractivity contribution in [3.05, 3.63) is 28.8 Å². The summed E-state index contributed by atoms with van der Waals surface area (Å²) in [7, 11) is 0. The highest BCUT2D eigenvalue weighted by Crippen LogP contribution is 2.37. The minimum absolute atomic E-state index is 0.0698. The molecule has 3 N–H and O–H groups in total. The topological polar surface area (TPSA) is 55.1 Å². The molecule has 1 aromatic rings. The molecule has 0 heterocycles. The maximum absolute atomic E-state index is 12.1. The van der Waals surface area contributed by atoms with E-state index in [1.807, 2.05) is 0 Å². The summed E-state index contributed by atoms with van der Waals surface area (Å²) in [6.07, 6.45) is 3.23. The lowest BCUT2D eigenvalue weighted by Gasteiger charge is -2.18. The molecule has 3 nitrogen and oxygen atoms in total. The van der Waals surface area contributed by atoms with Gasteiger partial charge in [-0.2, -0.15) is 0 Å². The monoisotopic (exact) mass is 266 g/mol. The first-order valence-electron chi connectivity index (χ1n) is 6.23. The summed E-state index contributed by atoms with van der Waals surface area (Å²) in [4.78, 5) is 12.1. The molecule has 0 bridgehead atoms. The van der Waals surface area contributed by atoms with Crippen LogP contribution in [-0.4, -0.2) is 11.9 Å². The Morgan fingerprint density at radius 2 is 2.22 bits per heavy atom. The van der Waals surface area contributed by atoms with Crippen LogP contribution >= 0.6 is 11.6 Å². The number of hydrogen-bond donors (Lipinski definition) is 2. The van der Waals surface area contributed by atoms with Gasteiger partial charge in [-0.1, -0.05) is 25.4 Å². The molecular weight excluding hydrogens is 248 g/mol. The van der Waals surface area contributed by atoms with Crippen LogP contribution in [0.2, 0.25) is 5.02 Å². The summed E-state index contributed by atoms with van der Waals surface area (Å²) < 4.78 is 0. The SMILES string of the molecule is CC1(C)CCC(NC(=O)c2ccc(N)c(Cl)c2)C1. The number of benzene rings is 1. The van der Waals surface area contributed by atoms with Crippen molar-refractivity contribution in [1.29, 1.82) is 0 Å². The second-order valence-electron chi connectivity index (χ2n) is 5.81. The van der Waals surface area contributed by atoms with Gasteiger partial charge in [0.05, 0.1) is 10.7 Å². The summed E-state index contributed by atoms with van der Waals surface area (Å²) >= 11 is 5.91. The molecule has 2 rings (SSSR count). The first kappa shape index (κ1) is 13.2. The van der Waals surface area contributed by atoms with Crippen molar-refractivity contribution in [2.24, 2.45) is 5.41 Å². The minimum Gasteiger partial charge on any atom is -0.398 e. The average molecular weight is 267 g/mol. The van der Waals surface area contributed by atoms with Gasteiger partial charge in [0.25, 0.3) is 5.91 Å². The Bertz CT molecular complexity index is 471. The zero-order chi connectivity index (χ0) is 13.3. The number of nitrogen functional groups attached to an aromatic ring is 1. The van der Waals surface area contributed by atoms with Crippen molar-refractivity contribution >= 4 is 23.2 Å². The predicted molar refractivity (Wildman–Crippen MR) is 74.8 cm³/mol. The van der Waals surface area contributed by atoms with E-state index in [2.05, 4.69) is 19.2 Å². The van der Waals surface area contributed by atoms with Crippen LogP contribution in [0.4, 0.5) is 5.69 Å². The molecule has 1 atom stereocenters. The number of nitrogens with two attached hydrogens (primary N) is 1. The van der Waals surface area contributed by atoms with Crippen LogP contribution in [0.3, 0.4) is 0 Å². The van der Waals surface area contributed by atoms with E-state index < -0.39 is 0 Å². The van der Waals surface area contributed by atoms with Crippen LogP contribution in [0.5, 0.6) is 0 Å². The van der Waals surface area contributed by atoms with Gasteiger partial charge in [0.15, 0.2) is 0 Å². The van der Waals surface area contributed by atoms with E-state index in [1.54, 1.807) is 18.2 Å². The van der Waals surface area contributed by atoms with E-state index in [4.69, 9.17) is 17.3 Å². The van der Waals surface area contributed by atoms with Crippen LogP contribution in [0.15, 0.2) is 18.2 Å². The van der Waals surface area contributed by atoms with Crippen molar-refractivity contribution < 1.29 is 4.79 Å². The second-order valence-corrected chi connectivity index (χ2v) is 6.22. The molecular formula is C14H19ClN2O. The van der Waals surface area contributed by atoms with Gasteiger partial charge in [-0.05, 0) is 42.9 Å². The molecule has 1 aliphatic carbocycles. The smallest absolute Gasteiger partial charge is 0.251 e. The molecule has 0 aromatic heterocycles. The number of amides is 1. The van der Waals surface area contributed by atoms with Gasteiger partial charge >= 0.3 is 0 Å². The molecule has 1 amide bonds. The number of hydrogen-bond acceptors (Lipinski definition) is 2. The van der Waals surface area contributed by atoms with Gasteiger partial charge in [0.1, 0.15) is 0 Å². The Balaban J connectivity index is 2.02. The lowest BCUT2D eigenvalue weighted by molar-refractivity contribution is 0.0936. The molecule has 4 heteroatoms. The van der Waals surface area contributed by atoms with E-state index in [0.29, 0.717) is 21.7 Å². The number of anilines is 1. The maximum atomic E-state index is 12.1. The molecule has 1 saturated carbocycles. The number of carbonyl (C=O) groups excluding carboxylic acids is 1. The van der Waals surface area contributed by atoms with Crippen molar-refractivity contribution in [2.45, 2.75) is 39.2 Å². The molecule has 98 valence electrons. The number of rotatable bonds is 2. The standard InChI is InChI=1S/C14H19ClN2O/c1-14(2)6-5-10(8-14)17-13(18)9-3-4-12(16)11(15)7-9/h3-4,7,10H,5-6,8,16H2,1-2H3,(H,17,18). The average Bonchev–Trinajstić information content (AvgIpc) is 2.62. The van der Waals surface area contributed by atoms with Gasteiger partial charge < -0.3 is 11.1 Å². The highest BCUT2D eigenvalue weighted by Gasteiger charge is 2.31. The van der Waals surface area contributed by atoms with E-state index in [1.165, 1.54) is 0 Å². The fourth-order valence-electron chi connectivity index (χ4n) is 2.50. The highest BCUT2D eigenvalue weighted by atomic mass is 35.5. The summed E-state index contributed by atoms with van der Waals surface area (Å²) in [5.74, 6) is -0.0698. The Morgan fingerprint density at radius 3 is 2.78 bits per heavy atom. The summed E-state index contributed by atoms with van der Waals surface area (Å²) in [5, 5.41) is 3.48. The van der Waals surface area contributed by atoms with Gasteiger partial charge in [0, 0.05) is 11.6 Å². The Kier molecular flexibility index (Phi) is 3.53. The lowest BCUT2D eigenvalue weighted by atomic mass is 9.92. The maximum Gasteiger partial charge on any atom is 0.251 e. The van der Waals surface area contributed by atoms with Crippen LogP contribution in [0, 0.1) is 5.41 Å². The lowest BCUT2D eigenvalue weighted by Crippen LogP contribution is -2.33.